The van der Waals surface area contributed by atoms with E-state index in [-0.39, 0.29) is 19.0 Å². The lowest BCUT2D eigenvalue weighted by atomic mass is 10.4. The molecule has 0 heterocycles. The summed E-state index contributed by atoms with van der Waals surface area (Å²) in [5.74, 6) is -1.94. The molecule has 0 rings (SSSR count). The van der Waals surface area contributed by atoms with Crippen molar-refractivity contribution in [2.45, 2.75) is 13.0 Å². The number of aliphatic hydroxyl groups is 2. The summed E-state index contributed by atoms with van der Waals surface area (Å²) in [4.78, 5) is 37.0. The largest absolute Gasteiger partial charge is 1.00 e. The Morgan fingerprint density at radius 3 is 1.95 bits per heavy atom. The van der Waals surface area contributed by atoms with Gasteiger partial charge in [0, 0.05) is 6.92 Å². The molecule has 0 spiro atoms. The van der Waals surface area contributed by atoms with Crippen molar-refractivity contribution in [2.75, 3.05) is 40.9 Å². The van der Waals surface area contributed by atoms with Gasteiger partial charge in [-0.1, -0.05) is 0 Å². The van der Waals surface area contributed by atoms with Crippen LogP contribution in [-0.4, -0.2) is 83.4 Å². The van der Waals surface area contributed by atoms with Crippen LogP contribution in [0, 0.1) is 0 Å². The van der Waals surface area contributed by atoms with Crippen LogP contribution in [0.1, 0.15) is 6.92 Å². The number of aliphatic hydroxyl groups excluding tert-OH is 2. The van der Waals surface area contributed by atoms with Crippen molar-refractivity contribution in [3.8, 4) is 0 Å². The van der Waals surface area contributed by atoms with Crippen molar-refractivity contribution in [2.24, 2.45) is 0 Å². The second kappa shape index (κ2) is 11.9. The molecule has 0 saturated carbocycles. The molecule has 0 saturated heterocycles. The Bertz CT molecular complexity index is 379. The van der Waals surface area contributed by atoms with Crippen molar-refractivity contribution in [1.29, 1.82) is 0 Å². The topological polar surface area (TPSA) is 151 Å². The number of phosphoric ester groups is 1. The molecule has 0 aromatic heterocycles. The van der Waals surface area contributed by atoms with E-state index < -0.39 is 32.5 Å². The van der Waals surface area contributed by atoms with E-state index in [1.165, 1.54) is 0 Å². The molecule has 0 aliphatic heterocycles. The molecule has 1 unspecified atom stereocenters. The number of likely N-dealkylation sites (N-methyl/N-ethyl adjacent to an activating group) is 1. The van der Waals surface area contributed by atoms with Gasteiger partial charge in [-0.15, -0.1) is 0 Å². The maximum atomic E-state index is 10.3. The van der Waals surface area contributed by atoms with E-state index in [2.05, 4.69) is 9.26 Å². The third-order valence-electron chi connectivity index (χ3n) is 1.71. The molecule has 12 heteroatoms. The molecule has 0 aliphatic rings. The molecule has 1 atom stereocenters. The first-order chi connectivity index (χ1) is 9.28. The summed E-state index contributed by atoms with van der Waals surface area (Å²) in [6.07, 6.45) is -1.62. The molecular formula is C10H23ClNO9P. The average Bonchev–Trinajstić information content (AvgIpc) is 2.24. The minimum absolute atomic E-state index is 0. The molecule has 0 fully saturated rings. The first-order valence-corrected chi connectivity index (χ1v) is 7.33. The molecule has 0 radical (unpaired) electrons. The lowest BCUT2D eigenvalue weighted by Gasteiger charge is -2.23. The van der Waals surface area contributed by atoms with Crippen molar-refractivity contribution in [3.63, 3.8) is 0 Å². The zero-order chi connectivity index (χ0) is 17.3. The second-order valence-corrected chi connectivity index (χ2v) is 6.19. The highest BCUT2D eigenvalue weighted by molar-refractivity contribution is 7.46. The van der Waals surface area contributed by atoms with Crippen LogP contribution in [-0.2, 0) is 23.4 Å². The van der Waals surface area contributed by atoms with Gasteiger partial charge in [0.15, 0.2) is 6.10 Å². The maximum Gasteiger partial charge on any atom is 0.469 e. The highest BCUT2D eigenvalue weighted by Crippen LogP contribution is 2.35. The van der Waals surface area contributed by atoms with Gasteiger partial charge < -0.3 is 41.6 Å². The minimum atomic E-state index is -4.26. The molecule has 0 amide bonds. The number of ether oxygens (including phenoxy) is 1. The van der Waals surface area contributed by atoms with Crippen LogP contribution in [0.4, 0.5) is 0 Å². The number of quaternary nitrogens is 1. The fourth-order valence-electron chi connectivity index (χ4n) is 0.718. The standard InChI is InChI=1S/C5H14NO4P.C5H8O5.ClH/c1-6(2,3)4-5-10-11(7,8)9;1-3(7)10-5(9)4(8)2-6;/h4-5H2,1-3H3,(H-,7,8,9);4,6,8H,2H2,1H3;1H. The molecule has 0 aromatic carbocycles. The number of carbonyl (C=O) groups is 2. The van der Waals surface area contributed by atoms with Gasteiger partial charge in [0.1, 0.15) is 13.2 Å². The number of hydrogen-bond acceptors (Lipinski definition) is 7. The van der Waals surface area contributed by atoms with Crippen LogP contribution < -0.4 is 12.4 Å². The highest BCUT2D eigenvalue weighted by Gasteiger charge is 2.17. The molecule has 134 valence electrons. The van der Waals surface area contributed by atoms with Crippen molar-refractivity contribution in [1.82, 2.24) is 0 Å². The first kappa shape index (κ1) is 26.3. The van der Waals surface area contributed by atoms with Gasteiger partial charge in [-0.25, -0.2) is 9.36 Å². The molecule has 0 aliphatic carbocycles. The van der Waals surface area contributed by atoms with E-state index in [1.54, 1.807) is 0 Å². The summed E-state index contributed by atoms with van der Waals surface area (Å²) in [6, 6.07) is 0. The van der Waals surface area contributed by atoms with E-state index in [0.29, 0.717) is 11.0 Å². The third kappa shape index (κ3) is 21.7. The van der Waals surface area contributed by atoms with Crippen LogP contribution in [0.15, 0.2) is 0 Å². The van der Waals surface area contributed by atoms with Gasteiger partial charge in [-0.2, -0.15) is 0 Å². The van der Waals surface area contributed by atoms with Crippen LogP contribution in [0.5, 0.6) is 0 Å². The Balaban J connectivity index is -0.000000315. The summed E-state index contributed by atoms with van der Waals surface area (Å²) in [5, 5.41) is 16.7. The van der Waals surface area contributed by atoms with E-state index in [9.17, 15) is 14.2 Å². The normalized spacial score (nSPS) is 12.4. The van der Waals surface area contributed by atoms with Gasteiger partial charge in [-0.05, 0) is 0 Å². The van der Waals surface area contributed by atoms with Gasteiger partial charge in [0.2, 0.25) is 0 Å². The summed E-state index contributed by atoms with van der Waals surface area (Å²) >= 11 is 0. The monoisotopic (exact) mass is 367 g/mol. The Hall–Kier alpha value is -0.580. The predicted octanol–water partition coefficient (Wildman–Crippen LogP) is -4.76. The van der Waals surface area contributed by atoms with E-state index >= 15 is 0 Å². The third-order valence-corrected chi connectivity index (χ3v) is 2.23. The number of halogens is 1. The average molecular weight is 368 g/mol. The summed E-state index contributed by atoms with van der Waals surface area (Å²) in [7, 11) is 1.50. The number of hydrogen-bond donors (Lipinski definition) is 4. The minimum Gasteiger partial charge on any atom is -1.00 e. The fraction of sp³-hybridized carbons (Fsp3) is 0.800. The molecular weight excluding hydrogens is 345 g/mol. The van der Waals surface area contributed by atoms with Gasteiger partial charge in [-0.3, -0.25) is 9.32 Å². The van der Waals surface area contributed by atoms with Crippen LogP contribution in [0.25, 0.3) is 0 Å². The maximum absolute atomic E-state index is 10.3. The number of rotatable bonds is 6. The first-order valence-electron chi connectivity index (χ1n) is 5.80. The number of nitrogens with zero attached hydrogens (tertiary/aromatic N) is 1. The Labute approximate surface area is 134 Å². The van der Waals surface area contributed by atoms with Crippen molar-refractivity contribution in [3.05, 3.63) is 0 Å². The van der Waals surface area contributed by atoms with Crippen LogP contribution in [0.3, 0.4) is 0 Å². The molecule has 4 N–H and O–H groups in total. The van der Waals surface area contributed by atoms with E-state index in [0.717, 1.165) is 6.92 Å². The highest BCUT2D eigenvalue weighted by atomic mass is 35.5. The predicted molar refractivity (Wildman–Crippen MR) is 70.8 cm³/mol. The van der Waals surface area contributed by atoms with Crippen LogP contribution in [0.2, 0.25) is 0 Å². The lowest BCUT2D eigenvalue weighted by molar-refractivity contribution is -0.870. The summed E-state index contributed by atoms with van der Waals surface area (Å²) in [6.45, 7) is 0.937. The Kier molecular flexibility index (Phi) is 14.3. The SMILES string of the molecule is CC(=O)OC(=O)C(O)CO.C[N+](C)(C)CCOP(=O)(O)O.[Cl-]. The molecule has 22 heavy (non-hydrogen) atoms. The molecule has 10 nitrogen and oxygen atoms in total. The number of carbonyl (C=O) groups excluding carboxylic acids is 2. The fourth-order valence-corrected chi connectivity index (χ4v) is 1.04. The summed E-state index contributed by atoms with van der Waals surface area (Å²) < 4.78 is 19.0. The quantitative estimate of drug-likeness (QED) is 0.157. The smallest absolute Gasteiger partial charge is 0.469 e. The van der Waals surface area contributed by atoms with E-state index in [4.69, 9.17) is 20.0 Å². The number of phosphoric acid groups is 1. The summed E-state index contributed by atoms with van der Waals surface area (Å²) in [5.41, 5.74) is 0. The van der Waals surface area contributed by atoms with Gasteiger partial charge >= 0.3 is 19.8 Å². The zero-order valence-corrected chi connectivity index (χ0v) is 14.5. The van der Waals surface area contributed by atoms with Gasteiger partial charge in [0.05, 0.1) is 27.7 Å². The molecule has 0 aromatic rings. The second-order valence-electron chi connectivity index (χ2n) is 4.95. The zero-order valence-electron chi connectivity index (χ0n) is 12.8. The molecule has 0 bridgehead atoms. The van der Waals surface area contributed by atoms with E-state index in [1.807, 2.05) is 21.1 Å². The lowest BCUT2D eigenvalue weighted by Crippen LogP contribution is -3.00. The van der Waals surface area contributed by atoms with Crippen molar-refractivity contribution >= 4 is 19.8 Å². The van der Waals surface area contributed by atoms with Crippen molar-refractivity contribution < 1.29 is 60.3 Å². The Morgan fingerprint density at radius 1 is 1.23 bits per heavy atom. The number of esters is 2. The Morgan fingerprint density at radius 2 is 1.68 bits per heavy atom. The van der Waals surface area contributed by atoms with Gasteiger partial charge in [0.25, 0.3) is 0 Å². The van der Waals surface area contributed by atoms with Crippen LogP contribution >= 0.6 is 7.82 Å².